The Morgan fingerprint density at radius 1 is 1.35 bits per heavy atom. The molecule has 0 unspecified atom stereocenters. The summed E-state index contributed by atoms with van der Waals surface area (Å²) in [6.45, 7) is 2.25. The van der Waals surface area contributed by atoms with Crippen LogP contribution in [0.25, 0.3) is 11.5 Å². The second-order valence-electron chi connectivity index (χ2n) is 4.79. The quantitative estimate of drug-likeness (QED) is 0.778. The summed E-state index contributed by atoms with van der Waals surface area (Å²) in [6, 6.07) is 6.98. The van der Waals surface area contributed by atoms with Gasteiger partial charge in [0.15, 0.2) is 5.76 Å². The smallest absolute Gasteiger partial charge is 0.253 e. The van der Waals surface area contributed by atoms with Gasteiger partial charge in [-0.05, 0) is 25.1 Å². The minimum atomic E-state index is -0.220. The monoisotopic (exact) mass is 329 g/mol. The van der Waals surface area contributed by atoms with Gasteiger partial charge in [0.1, 0.15) is 11.5 Å². The Balaban J connectivity index is 1.61. The Morgan fingerprint density at radius 2 is 2.22 bits per heavy atom. The van der Waals surface area contributed by atoms with E-state index in [1.165, 1.54) is 13.3 Å². The second-order valence-corrected chi connectivity index (χ2v) is 5.85. The zero-order valence-corrected chi connectivity index (χ0v) is 13.5. The number of ether oxygens (including phenoxy) is 1. The largest absolute Gasteiger partial charge is 0.481 e. The topological polar surface area (TPSA) is 77.2 Å². The molecule has 0 fully saturated rings. The Morgan fingerprint density at radius 3 is 2.87 bits per heavy atom. The summed E-state index contributed by atoms with van der Waals surface area (Å²) in [7, 11) is 1.53. The number of aromatic nitrogens is 2. The highest BCUT2D eigenvalue weighted by molar-refractivity contribution is 7.09. The summed E-state index contributed by atoms with van der Waals surface area (Å²) < 4.78 is 10.7. The minimum absolute atomic E-state index is 0.220. The molecule has 0 saturated heterocycles. The van der Waals surface area contributed by atoms with E-state index in [-0.39, 0.29) is 5.91 Å². The summed E-state index contributed by atoms with van der Waals surface area (Å²) in [4.78, 5) is 20.4. The first-order valence-corrected chi connectivity index (χ1v) is 7.83. The number of carbonyl (C=O) groups is 1. The van der Waals surface area contributed by atoms with Crippen LogP contribution in [0.5, 0.6) is 5.88 Å². The molecule has 3 aromatic rings. The van der Waals surface area contributed by atoms with Gasteiger partial charge in [0.05, 0.1) is 24.2 Å². The molecule has 0 aromatic carbocycles. The second kappa shape index (κ2) is 6.62. The van der Waals surface area contributed by atoms with Gasteiger partial charge in [-0.1, -0.05) is 0 Å². The number of pyridine rings is 1. The van der Waals surface area contributed by atoms with Gasteiger partial charge in [0.2, 0.25) is 5.88 Å². The van der Waals surface area contributed by atoms with E-state index in [0.29, 0.717) is 29.5 Å². The minimum Gasteiger partial charge on any atom is -0.481 e. The van der Waals surface area contributed by atoms with Gasteiger partial charge in [0.25, 0.3) is 5.91 Å². The predicted molar refractivity (Wildman–Crippen MR) is 86.5 cm³/mol. The van der Waals surface area contributed by atoms with Crippen molar-refractivity contribution in [2.24, 2.45) is 0 Å². The van der Waals surface area contributed by atoms with Crippen LogP contribution in [0.15, 0.2) is 40.3 Å². The number of methoxy groups -OCH3 is 1. The Hall–Kier alpha value is -2.67. The maximum Gasteiger partial charge on any atom is 0.253 e. The third-order valence-electron chi connectivity index (χ3n) is 3.16. The first-order valence-electron chi connectivity index (χ1n) is 6.95. The molecule has 1 amide bonds. The van der Waals surface area contributed by atoms with E-state index < -0.39 is 0 Å². The van der Waals surface area contributed by atoms with Gasteiger partial charge in [-0.3, -0.25) is 4.79 Å². The van der Waals surface area contributed by atoms with Crippen molar-refractivity contribution in [3.8, 4) is 17.3 Å². The molecule has 3 heterocycles. The number of furan rings is 1. The Labute approximate surface area is 137 Å². The lowest BCUT2D eigenvalue weighted by molar-refractivity contribution is 0.0947. The molecule has 118 valence electrons. The van der Waals surface area contributed by atoms with Crippen LogP contribution in [-0.4, -0.2) is 23.0 Å². The molecule has 6 nitrogen and oxygen atoms in total. The third-order valence-corrected chi connectivity index (χ3v) is 3.94. The standard InChI is InChI=1S/C16H15N3O3S/c1-10-19-13(9-23-10)14-5-4-12(22-14)8-18-16(20)11-3-6-15(21-2)17-7-11/h3-7,9H,8H2,1-2H3,(H,18,20). The molecule has 0 aliphatic rings. The van der Waals surface area contributed by atoms with Crippen LogP contribution >= 0.6 is 11.3 Å². The molecule has 7 heteroatoms. The van der Waals surface area contributed by atoms with Crippen LogP contribution in [0.4, 0.5) is 0 Å². The molecule has 3 aromatic heterocycles. The molecule has 0 atom stereocenters. The van der Waals surface area contributed by atoms with Crippen LogP contribution in [0.2, 0.25) is 0 Å². The van der Waals surface area contributed by atoms with Gasteiger partial charge in [-0.15, -0.1) is 11.3 Å². The zero-order valence-electron chi connectivity index (χ0n) is 12.7. The highest BCUT2D eigenvalue weighted by Gasteiger charge is 2.10. The van der Waals surface area contributed by atoms with Crippen molar-refractivity contribution < 1.29 is 13.9 Å². The molecular weight excluding hydrogens is 314 g/mol. The van der Waals surface area contributed by atoms with Crippen LogP contribution in [0.3, 0.4) is 0 Å². The van der Waals surface area contributed by atoms with E-state index in [0.717, 1.165) is 10.7 Å². The highest BCUT2D eigenvalue weighted by atomic mass is 32.1. The zero-order chi connectivity index (χ0) is 16.2. The van der Waals surface area contributed by atoms with Crippen molar-refractivity contribution in [2.45, 2.75) is 13.5 Å². The summed E-state index contributed by atoms with van der Waals surface area (Å²) in [5.41, 5.74) is 1.28. The lowest BCUT2D eigenvalue weighted by Crippen LogP contribution is -2.22. The fourth-order valence-corrected chi connectivity index (χ4v) is 2.59. The fourth-order valence-electron chi connectivity index (χ4n) is 1.99. The summed E-state index contributed by atoms with van der Waals surface area (Å²) >= 11 is 1.57. The first-order chi connectivity index (χ1) is 11.2. The van der Waals surface area contributed by atoms with Gasteiger partial charge in [-0.25, -0.2) is 9.97 Å². The average Bonchev–Trinajstić information content (AvgIpc) is 3.21. The number of hydrogen-bond acceptors (Lipinski definition) is 6. The van der Waals surface area contributed by atoms with Gasteiger partial charge >= 0.3 is 0 Å². The summed E-state index contributed by atoms with van der Waals surface area (Å²) in [5.74, 6) is 1.61. The number of thiazole rings is 1. The van der Waals surface area contributed by atoms with E-state index in [4.69, 9.17) is 9.15 Å². The van der Waals surface area contributed by atoms with Crippen LogP contribution in [0.1, 0.15) is 21.1 Å². The number of rotatable bonds is 5. The van der Waals surface area contributed by atoms with Crippen molar-refractivity contribution in [3.05, 3.63) is 52.2 Å². The number of amides is 1. The molecule has 1 N–H and O–H groups in total. The molecule has 0 radical (unpaired) electrons. The van der Waals surface area contributed by atoms with Crippen molar-refractivity contribution in [1.82, 2.24) is 15.3 Å². The Bertz CT molecular complexity index is 808. The van der Waals surface area contributed by atoms with Crippen molar-refractivity contribution >= 4 is 17.2 Å². The lowest BCUT2D eigenvalue weighted by atomic mass is 10.2. The molecule has 0 bridgehead atoms. The molecule has 0 saturated carbocycles. The molecule has 0 aliphatic carbocycles. The van der Waals surface area contributed by atoms with Gasteiger partial charge < -0.3 is 14.5 Å². The maximum absolute atomic E-state index is 12.1. The van der Waals surface area contributed by atoms with Crippen LogP contribution in [-0.2, 0) is 6.54 Å². The molecule has 0 aliphatic heterocycles. The average molecular weight is 329 g/mol. The SMILES string of the molecule is COc1ccc(C(=O)NCc2ccc(-c3csc(C)n3)o2)cn1. The third kappa shape index (κ3) is 3.57. The molecular formula is C16H15N3O3S. The molecule has 23 heavy (non-hydrogen) atoms. The number of aryl methyl sites for hydroxylation is 1. The lowest BCUT2D eigenvalue weighted by Gasteiger charge is -2.04. The summed E-state index contributed by atoms with van der Waals surface area (Å²) in [6.07, 6.45) is 1.47. The van der Waals surface area contributed by atoms with Crippen molar-refractivity contribution in [2.75, 3.05) is 7.11 Å². The van der Waals surface area contributed by atoms with Gasteiger partial charge in [-0.2, -0.15) is 0 Å². The van der Waals surface area contributed by atoms with E-state index in [1.807, 2.05) is 24.4 Å². The van der Waals surface area contributed by atoms with Crippen LogP contribution in [0, 0.1) is 6.92 Å². The van der Waals surface area contributed by atoms with E-state index in [9.17, 15) is 4.79 Å². The normalized spacial score (nSPS) is 10.5. The fraction of sp³-hybridized carbons (Fsp3) is 0.188. The molecule has 0 spiro atoms. The maximum atomic E-state index is 12.1. The van der Waals surface area contributed by atoms with E-state index in [1.54, 1.807) is 23.5 Å². The Kier molecular flexibility index (Phi) is 4.38. The van der Waals surface area contributed by atoms with Gasteiger partial charge in [0, 0.05) is 17.6 Å². The summed E-state index contributed by atoms with van der Waals surface area (Å²) in [5, 5.41) is 5.72. The highest BCUT2D eigenvalue weighted by Crippen LogP contribution is 2.23. The van der Waals surface area contributed by atoms with Crippen molar-refractivity contribution in [3.63, 3.8) is 0 Å². The number of hydrogen-bond donors (Lipinski definition) is 1. The first kappa shape index (κ1) is 15.2. The predicted octanol–water partition coefficient (Wildman–Crippen LogP) is 3.05. The van der Waals surface area contributed by atoms with Crippen LogP contribution < -0.4 is 10.1 Å². The van der Waals surface area contributed by atoms with E-state index in [2.05, 4.69) is 15.3 Å². The number of carbonyl (C=O) groups excluding carboxylic acids is 1. The van der Waals surface area contributed by atoms with Crippen molar-refractivity contribution in [1.29, 1.82) is 0 Å². The number of nitrogens with one attached hydrogen (secondary N) is 1. The molecule has 3 rings (SSSR count). The van der Waals surface area contributed by atoms with E-state index >= 15 is 0 Å². The number of nitrogens with zero attached hydrogens (tertiary/aromatic N) is 2.